The van der Waals surface area contributed by atoms with Crippen molar-refractivity contribution in [3.05, 3.63) is 30.3 Å². The molecule has 1 aromatic rings. The number of rotatable bonds is 3. The zero-order valence-electron chi connectivity index (χ0n) is 10.0. The van der Waals surface area contributed by atoms with Crippen LogP contribution in [-0.2, 0) is 0 Å². The largest absolute Gasteiger partial charge is 0.393 e. The minimum atomic E-state index is -0.105. The van der Waals surface area contributed by atoms with Gasteiger partial charge in [0.25, 0.3) is 0 Å². The zero-order valence-corrected chi connectivity index (χ0v) is 10.8. The van der Waals surface area contributed by atoms with Gasteiger partial charge in [0.05, 0.1) is 6.10 Å². The first kappa shape index (κ1) is 12.0. The molecule has 0 aromatic heterocycles. The van der Waals surface area contributed by atoms with Gasteiger partial charge < -0.3 is 5.11 Å². The first-order chi connectivity index (χ1) is 7.59. The normalized spacial score (nSPS) is 28.2. The van der Waals surface area contributed by atoms with Gasteiger partial charge in [-0.2, -0.15) is 0 Å². The minimum absolute atomic E-state index is 0.105. The molecule has 1 aliphatic rings. The fourth-order valence-corrected chi connectivity index (χ4v) is 3.86. The second-order valence-corrected chi connectivity index (χ2v) is 6.42. The molecule has 0 radical (unpaired) electrons. The van der Waals surface area contributed by atoms with E-state index in [1.807, 2.05) is 17.8 Å². The number of benzene rings is 1. The van der Waals surface area contributed by atoms with E-state index in [1.54, 1.807) is 0 Å². The molecular formula is C14H20OS. The van der Waals surface area contributed by atoms with Crippen LogP contribution < -0.4 is 0 Å². The summed E-state index contributed by atoms with van der Waals surface area (Å²) in [6.45, 7) is 4.55. The van der Waals surface area contributed by atoms with E-state index in [0.29, 0.717) is 11.3 Å². The Kier molecular flexibility index (Phi) is 3.60. The van der Waals surface area contributed by atoms with Crippen LogP contribution in [0.4, 0.5) is 0 Å². The van der Waals surface area contributed by atoms with Gasteiger partial charge in [-0.1, -0.05) is 32.0 Å². The van der Waals surface area contributed by atoms with E-state index in [4.69, 9.17) is 0 Å². The van der Waals surface area contributed by atoms with Crippen molar-refractivity contribution in [3.8, 4) is 0 Å². The molecule has 1 aliphatic carbocycles. The maximum Gasteiger partial charge on any atom is 0.0581 e. The maximum absolute atomic E-state index is 9.99. The van der Waals surface area contributed by atoms with E-state index in [0.717, 1.165) is 18.6 Å². The Hall–Kier alpha value is -0.470. The molecule has 0 saturated heterocycles. The third-order valence-corrected chi connectivity index (χ3v) is 4.86. The highest BCUT2D eigenvalue weighted by Crippen LogP contribution is 2.44. The first-order valence-electron chi connectivity index (χ1n) is 5.95. The van der Waals surface area contributed by atoms with E-state index >= 15 is 0 Å². The van der Waals surface area contributed by atoms with Gasteiger partial charge in [-0.05, 0) is 36.3 Å². The first-order valence-corrected chi connectivity index (χ1v) is 6.94. The molecule has 1 fully saturated rings. The van der Waals surface area contributed by atoms with Crippen LogP contribution in [-0.4, -0.2) is 17.0 Å². The predicted octanol–water partition coefficient (Wildman–Crippen LogP) is 3.58. The van der Waals surface area contributed by atoms with Crippen LogP contribution in [0.2, 0.25) is 0 Å². The fourth-order valence-electron chi connectivity index (χ4n) is 2.47. The molecule has 0 amide bonds. The van der Waals surface area contributed by atoms with Crippen LogP contribution in [0, 0.1) is 11.3 Å². The monoisotopic (exact) mass is 236 g/mol. The molecule has 2 heteroatoms. The molecule has 2 rings (SSSR count). The highest BCUT2D eigenvalue weighted by atomic mass is 32.2. The summed E-state index contributed by atoms with van der Waals surface area (Å²) in [5.41, 5.74) is 0.293. The van der Waals surface area contributed by atoms with Gasteiger partial charge in [0.15, 0.2) is 0 Å². The Morgan fingerprint density at radius 2 is 2.00 bits per heavy atom. The van der Waals surface area contributed by atoms with Gasteiger partial charge in [-0.15, -0.1) is 11.8 Å². The lowest BCUT2D eigenvalue weighted by Gasteiger charge is -2.28. The molecule has 16 heavy (non-hydrogen) atoms. The van der Waals surface area contributed by atoms with Crippen LogP contribution in [0.5, 0.6) is 0 Å². The van der Waals surface area contributed by atoms with Crippen LogP contribution in [0.15, 0.2) is 35.2 Å². The molecule has 88 valence electrons. The van der Waals surface area contributed by atoms with Gasteiger partial charge in [-0.25, -0.2) is 0 Å². The van der Waals surface area contributed by atoms with E-state index in [-0.39, 0.29) is 6.10 Å². The summed E-state index contributed by atoms with van der Waals surface area (Å²) < 4.78 is 0. The topological polar surface area (TPSA) is 20.2 Å². The molecule has 0 spiro atoms. The highest BCUT2D eigenvalue weighted by Gasteiger charge is 2.40. The molecule has 0 unspecified atom stereocenters. The van der Waals surface area contributed by atoms with Crippen molar-refractivity contribution in [2.75, 3.05) is 5.75 Å². The Labute approximate surface area is 102 Å². The lowest BCUT2D eigenvalue weighted by Crippen LogP contribution is -2.27. The van der Waals surface area contributed by atoms with E-state index in [2.05, 4.69) is 38.1 Å². The van der Waals surface area contributed by atoms with Gasteiger partial charge in [0, 0.05) is 10.6 Å². The third-order valence-electron chi connectivity index (χ3n) is 3.73. The molecular weight excluding hydrogens is 216 g/mol. The van der Waals surface area contributed by atoms with Crippen molar-refractivity contribution >= 4 is 11.8 Å². The van der Waals surface area contributed by atoms with Gasteiger partial charge >= 0.3 is 0 Å². The summed E-state index contributed by atoms with van der Waals surface area (Å²) in [4.78, 5) is 1.30. The van der Waals surface area contributed by atoms with E-state index < -0.39 is 0 Å². The summed E-state index contributed by atoms with van der Waals surface area (Å²) in [5.74, 6) is 1.45. The zero-order chi connectivity index (χ0) is 11.6. The summed E-state index contributed by atoms with van der Waals surface area (Å²) in [7, 11) is 0. The van der Waals surface area contributed by atoms with Crippen molar-refractivity contribution in [1.29, 1.82) is 0 Å². The second kappa shape index (κ2) is 4.80. The van der Waals surface area contributed by atoms with Crippen molar-refractivity contribution < 1.29 is 5.11 Å². The minimum Gasteiger partial charge on any atom is -0.393 e. The average molecular weight is 236 g/mol. The quantitative estimate of drug-likeness (QED) is 0.810. The molecule has 0 aliphatic heterocycles. The number of aliphatic hydroxyl groups excluding tert-OH is 1. The SMILES string of the molecule is CC1(C)CC[C@H](O)[C@H]1CSc1ccccc1. The Balaban J connectivity index is 1.95. The lowest BCUT2D eigenvalue weighted by atomic mass is 9.82. The van der Waals surface area contributed by atoms with Gasteiger partial charge in [0.2, 0.25) is 0 Å². The van der Waals surface area contributed by atoms with Crippen LogP contribution in [0.1, 0.15) is 26.7 Å². The number of aliphatic hydroxyl groups is 1. The number of hydrogen-bond acceptors (Lipinski definition) is 2. The van der Waals surface area contributed by atoms with Crippen LogP contribution in [0.25, 0.3) is 0 Å². The summed E-state index contributed by atoms with van der Waals surface area (Å²) in [6.07, 6.45) is 2.01. The van der Waals surface area contributed by atoms with E-state index in [1.165, 1.54) is 4.90 Å². The molecule has 0 heterocycles. The standard InChI is InChI=1S/C14H20OS/c1-14(2)9-8-13(15)12(14)10-16-11-6-4-3-5-7-11/h3-7,12-13,15H,8-10H2,1-2H3/t12-,13+/m1/s1. The lowest BCUT2D eigenvalue weighted by molar-refractivity contribution is 0.108. The molecule has 1 N–H and O–H groups in total. The number of thioether (sulfide) groups is 1. The highest BCUT2D eigenvalue weighted by molar-refractivity contribution is 7.99. The molecule has 1 aromatic carbocycles. The summed E-state index contributed by atoms with van der Waals surface area (Å²) >= 11 is 1.86. The van der Waals surface area contributed by atoms with Crippen molar-refractivity contribution in [2.24, 2.45) is 11.3 Å². The molecule has 2 atom stereocenters. The Bertz CT molecular complexity index is 334. The van der Waals surface area contributed by atoms with Crippen molar-refractivity contribution in [1.82, 2.24) is 0 Å². The van der Waals surface area contributed by atoms with Crippen LogP contribution in [0.3, 0.4) is 0 Å². The predicted molar refractivity (Wildman–Crippen MR) is 69.7 cm³/mol. The van der Waals surface area contributed by atoms with Crippen LogP contribution >= 0.6 is 11.8 Å². The fraction of sp³-hybridized carbons (Fsp3) is 0.571. The van der Waals surface area contributed by atoms with Crippen molar-refractivity contribution in [3.63, 3.8) is 0 Å². The maximum atomic E-state index is 9.99. The Morgan fingerprint density at radius 1 is 1.31 bits per heavy atom. The molecule has 1 saturated carbocycles. The molecule has 0 bridgehead atoms. The third kappa shape index (κ3) is 2.61. The Morgan fingerprint density at radius 3 is 2.56 bits per heavy atom. The summed E-state index contributed by atoms with van der Waals surface area (Å²) in [5, 5.41) is 9.99. The molecule has 1 nitrogen and oxygen atoms in total. The van der Waals surface area contributed by atoms with Crippen molar-refractivity contribution in [2.45, 2.75) is 37.7 Å². The second-order valence-electron chi connectivity index (χ2n) is 5.33. The number of hydrogen-bond donors (Lipinski definition) is 1. The van der Waals surface area contributed by atoms with Gasteiger partial charge in [-0.3, -0.25) is 0 Å². The average Bonchev–Trinajstić information content (AvgIpc) is 2.52. The smallest absolute Gasteiger partial charge is 0.0581 e. The van der Waals surface area contributed by atoms with E-state index in [9.17, 15) is 5.11 Å². The van der Waals surface area contributed by atoms with Gasteiger partial charge in [0.1, 0.15) is 0 Å². The summed E-state index contributed by atoms with van der Waals surface area (Å²) in [6, 6.07) is 10.5.